The molecule has 2 nitrogen and oxygen atoms in total. The summed E-state index contributed by atoms with van der Waals surface area (Å²) in [7, 11) is 1.91. The van der Waals surface area contributed by atoms with Gasteiger partial charge in [-0.2, -0.15) is 0 Å². The van der Waals surface area contributed by atoms with E-state index in [-0.39, 0.29) is 17.3 Å². The molecule has 1 aromatic carbocycles. The SMILES string of the molecule is CNCC1(C(N)c2ccccc2F)CC1. The summed E-state index contributed by atoms with van der Waals surface area (Å²) in [5, 5.41) is 3.14. The second kappa shape index (κ2) is 3.91. The molecule has 1 aliphatic carbocycles. The van der Waals surface area contributed by atoms with Crippen LogP contribution in [0.4, 0.5) is 4.39 Å². The fourth-order valence-corrected chi connectivity index (χ4v) is 2.17. The van der Waals surface area contributed by atoms with E-state index in [2.05, 4.69) is 5.32 Å². The number of hydrogen-bond donors (Lipinski definition) is 2. The predicted octanol–water partition coefficient (Wildman–Crippen LogP) is 1.83. The van der Waals surface area contributed by atoms with Crippen molar-refractivity contribution in [3.05, 3.63) is 35.6 Å². The van der Waals surface area contributed by atoms with Crippen LogP contribution in [-0.4, -0.2) is 13.6 Å². The molecule has 1 unspecified atom stereocenters. The maximum atomic E-state index is 13.5. The average molecular weight is 208 g/mol. The topological polar surface area (TPSA) is 38.0 Å². The van der Waals surface area contributed by atoms with Crippen LogP contribution in [-0.2, 0) is 0 Å². The van der Waals surface area contributed by atoms with Gasteiger partial charge in [0.1, 0.15) is 5.82 Å². The maximum absolute atomic E-state index is 13.5. The van der Waals surface area contributed by atoms with E-state index < -0.39 is 0 Å². The lowest BCUT2D eigenvalue weighted by Gasteiger charge is -2.23. The van der Waals surface area contributed by atoms with E-state index in [9.17, 15) is 4.39 Å². The lowest BCUT2D eigenvalue weighted by molar-refractivity contribution is 0.381. The molecule has 0 aromatic heterocycles. The Kier molecular flexibility index (Phi) is 2.76. The monoisotopic (exact) mass is 208 g/mol. The summed E-state index contributed by atoms with van der Waals surface area (Å²) in [4.78, 5) is 0. The van der Waals surface area contributed by atoms with E-state index in [1.54, 1.807) is 12.1 Å². The molecule has 0 heterocycles. The summed E-state index contributed by atoms with van der Waals surface area (Å²) < 4.78 is 13.5. The smallest absolute Gasteiger partial charge is 0.127 e. The number of nitrogens with two attached hydrogens (primary N) is 1. The highest BCUT2D eigenvalue weighted by Gasteiger charge is 2.48. The van der Waals surface area contributed by atoms with Gasteiger partial charge in [0.25, 0.3) is 0 Å². The minimum Gasteiger partial charge on any atom is -0.323 e. The molecule has 3 N–H and O–H groups in total. The third kappa shape index (κ3) is 1.90. The summed E-state index contributed by atoms with van der Waals surface area (Å²) in [6.07, 6.45) is 2.17. The Morgan fingerprint density at radius 3 is 2.67 bits per heavy atom. The van der Waals surface area contributed by atoms with Crippen molar-refractivity contribution in [3.8, 4) is 0 Å². The first kappa shape index (κ1) is 10.6. The molecule has 0 aliphatic heterocycles. The molecular formula is C12H17FN2. The van der Waals surface area contributed by atoms with Crippen LogP contribution in [0.2, 0.25) is 0 Å². The number of halogens is 1. The summed E-state index contributed by atoms with van der Waals surface area (Å²) in [5.41, 5.74) is 6.87. The van der Waals surface area contributed by atoms with Gasteiger partial charge in [-0.05, 0) is 26.0 Å². The molecule has 0 radical (unpaired) electrons. The number of nitrogens with one attached hydrogen (secondary N) is 1. The molecule has 3 heteroatoms. The van der Waals surface area contributed by atoms with E-state index in [1.165, 1.54) is 6.07 Å². The lowest BCUT2D eigenvalue weighted by Crippen LogP contribution is -2.31. The van der Waals surface area contributed by atoms with Crippen molar-refractivity contribution in [2.45, 2.75) is 18.9 Å². The molecule has 1 atom stereocenters. The van der Waals surface area contributed by atoms with Crippen molar-refractivity contribution in [2.75, 3.05) is 13.6 Å². The third-order valence-electron chi connectivity index (χ3n) is 3.32. The molecule has 82 valence electrons. The van der Waals surface area contributed by atoms with Crippen molar-refractivity contribution in [2.24, 2.45) is 11.1 Å². The molecule has 1 aliphatic rings. The largest absolute Gasteiger partial charge is 0.323 e. The molecule has 1 aromatic rings. The van der Waals surface area contributed by atoms with Crippen LogP contribution in [0.15, 0.2) is 24.3 Å². The lowest BCUT2D eigenvalue weighted by atomic mass is 9.90. The summed E-state index contributed by atoms with van der Waals surface area (Å²) in [5.74, 6) is -0.188. The van der Waals surface area contributed by atoms with Crippen LogP contribution in [0.5, 0.6) is 0 Å². The van der Waals surface area contributed by atoms with Gasteiger partial charge in [0.2, 0.25) is 0 Å². The van der Waals surface area contributed by atoms with Gasteiger partial charge in [0.15, 0.2) is 0 Å². The second-order valence-corrected chi connectivity index (χ2v) is 4.39. The molecule has 1 fully saturated rings. The van der Waals surface area contributed by atoms with Crippen LogP contribution in [0.1, 0.15) is 24.4 Å². The molecule has 0 saturated heterocycles. The summed E-state index contributed by atoms with van der Waals surface area (Å²) in [6.45, 7) is 0.864. The zero-order valence-corrected chi connectivity index (χ0v) is 8.96. The van der Waals surface area contributed by atoms with E-state index in [4.69, 9.17) is 5.73 Å². The minimum atomic E-state index is -0.189. The Morgan fingerprint density at radius 1 is 1.47 bits per heavy atom. The van der Waals surface area contributed by atoms with Crippen LogP contribution < -0.4 is 11.1 Å². The Hall–Kier alpha value is -0.930. The average Bonchev–Trinajstić information content (AvgIpc) is 2.99. The van der Waals surface area contributed by atoms with Crippen LogP contribution >= 0.6 is 0 Å². The molecule has 0 bridgehead atoms. The van der Waals surface area contributed by atoms with Crippen LogP contribution in [0, 0.1) is 11.2 Å². The standard InChI is InChI=1S/C12H17FN2/c1-15-8-12(6-7-12)11(14)9-4-2-3-5-10(9)13/h2-5,11,15H,6-8,14H2,1H3. The van der Waals surface area contributed by atoms with Gasteiger partial charge in [-0.1, -0.05) is 18.2 Å². The quantitative estimate of drug-likeness (QED) is 0.792. The van der Waals surface area contributed by atoms with Crippen LogP contribution in [0.3, 0.4) is 0 Å². The van der Waals surface area contributed by atoms with Gasteiger partial charge in [-0.15, -0.1) is 0 Å². The molecule has 0 amide bonds. The summed E-state index contributed by atoms with van der Waals surface area (Å²) >= 11 is 0. The van der Waals surface area contributed by atoms with Crippen LogP contribution in [0.25, 0.3) is 0 Å². The fourth-order valence-electron chi connectivity index (χ4n) is 2.17. The van der Waals surface area contributed by atoms with E-state index in [0.29, 0.717) is 5.56 Å². The predicted molar refractivity (Wildman–Crippen MR) is 58.9 cm³/mol. The van der Waals surface area contributed by atoms with Gasteiger partial charge < -0.3 is 11.1 Å². The second-order valence-electron chi connectivity index (χ2n) is 4.39. The molecular weight excluding hydrogens is 191 g/mol. The molecule has 2 rings (SSSR count). The number of hydrogen-bond acceptors (Lipinski definition) is 2. The van der Waals surface area contributed by atoms with Crippen molar-refractivity contribution in [3.63, 3.8) is 0 Å². The maximum Gasteiger partial charge on any atom is 0.127 e. The number of benzene rings is 1. The zero-order chi connectivity index (χ0) is 10.9. The third-order valence-corrected chi connectivity index (χ3v) is 3.32. The highest BCUT2D eigenvalue weighted by atomic mass is 19.1. The number of rotatable bonds is 4. The van der Waals surface area contributed by atoms with Gasteiger partial charge in [0.05, 0.1) is 0 Å². The first-order valence-electron chi connectivity index (χ1n) is 5.34. The Bertz CT molecular complexity index is 347. The fraction of sp³-hybridized carbons (Fsp3) is 0.500. The first-order valence-corrected chi connectivity index (χ1v) is 5.34. The first-order chi connectivity index (χ1) is 7.19. The molecule has 0 spiro atoms. The Morgan fingerprint density at radius 2 is 2.13 bits per heavy atom. The minimum absolute atomic E-state index is 0.0803. The Labute approximate surface area is 89.7 Å². The van der Waals surface area contributed by atoms with E-state index in [1.807, 2.05) is 13.1 Å². The van der Waals surface area contributed by atoms with Gasteiger partial charge in [-0.3, -0.25) is 0 Å². The molecule has 15 heavy (non-hydrogen) atoms. The van der Waals surface area contributed by atoms with Crippen molar-refractivity contribution >= 4 is 0 Å². The normalized spacial score (nSPS) is 19.9. The van der Waals surface area contributed by atoms with E-state index in [0.717, 1.165) is 19.4 Å². The van der Waals surface area contributed by atoms with Gasteiger partial charge >= 0.3 is 0 Å². The van der Waals surface area contributed by atoms with E-state index >= 15 is 0 Å². The zero-order valence-electron chi connectivity index (χ0n) is 8.96. The van der Waals surface area contributed by atoms with Gasteiger partial charge in [0, 0.05) is 23.6 Å². The highest BCUT2D eigenvalue weighted by molar-refractivity contribution is 5.25. The molecule has 1 saturated carbocycles. The van der Waals surface area contributed by atoms with Crippen molar-refractivity contribution in [1.29, 1.82) is 0 Å². The van der Waals surface area contributed by atoms with Crippen molar-refractivity contribution in [1.82, 2.24) is 5.32 Å². The van der Waals surface area contributed by atoms with Gasteiger partial charge in [-0.25, -0.2) is 4.39 Å². The summed E-state index contributed by atoms with van der Waals surface area (Å²) in [6, 6.07) is 6.61. The van der Waals surface area contributed by atoms with Crippen molar-refractivity contribution < 1.29 is 4.39 Å². The highest BCUT2D eigenvalue weighted by Crippen LogP contribution is 2.53. The Balaban J connectivity index is 2.21.